The van der Waals surface area contributed by atoms with Gasteiger partial charge in [0.2, 0.25) is 0 Å². The second-order valence-corrected chi connectivity index (χ2v) is 5.90. The minimum atomic E-state index is -0.183. The van der Waals surface area contributed by atoms with Crippen LogP contribution in [-0.4, -0.2) is 73.5 Å². The average molecular weight is 364 g/mol. The summed E-state index contributed by atoms with van der Waals surface area (Å²) in [7, 11) is 0. The van der Waals surface area contributed by atoms with E-state index in [9.17, 15) is 9.59 Å². The summed E-state index contributed by atoms with van der Waals surface area (Å²) in [6, 6.07) is 3.40. The number of guanidine groups is 1. The van der Waals surface area contributed by atoms with Crippen LogP contribution in [0, 0.1) is 0 Å². The standard InChI is InChI=1S/C18H28N4O4/c1-3-19-18(20-9-5-8-16(23)25-4-2)22-12-10-21(11-13-22)17(24)15-7-6-14-26-15/h6-7,14H,3-5,8-13H2,1-2H3,(H,19,20). The van der Waals surface area contributed by atoms with Crippen LogP contribution >= 0.6 is 0 Å². The number of carbonyl (C=O) groups is 2. The Bertz CT molecular complexity index is 592. The quantitative estimate of drug-likeness (QED) is 0.340. The van der Waals surface area contributed by atoms with Gasteiger partial charge in [-0.2, -0.15) is 0 Å². The molecule has 1 N–H and O–H groups in total. The van der Waals surface area contributed by atoms with Gasteiger partial charge in [-0.05, 0) is 32.4 Å². The second-order valence-electron chi connectivity index (χ2n) is 5.90. The topological polar surface area (TPSA) is 87.4 Å². The van der Waals surface area contributed by atoms with E-state index in [0.717, 1.165) is 12.5 Å². The Morgan fingerprint density at radius 1 is 1.23 bits per heavy atom. The number of hydrogen-bond acceptors (Lipinski definition) is 5. The number of esters is 1. The molecule has 8 heteroatoms. The highest BCUT2D eigenvalue weighted by Crippen LogP contribution is 2.09. The molecule has 1 saturated heterocycles. The normalized spacial score (nSPS) is 15.1. The Labute approximate surface area is 154 Å². The molecule has 0 bridgehead atoms. The van der Waals surface area contributed by atoms with Gasteiger partial charge < -0.3 is 24.3 Å². The maximum Gasteiger partial charge on any atom is 0.305 e. The van der Waals surface area contributed by atoms with Crippen LogP contribution in [0.2, 0.25) is 0 Å². The first-order valence-corrected chi connectivity index (χ1v) is 9.17. The smallest absolute Gasteiger partial charge is 0.305 e. The fraction of sp³-hybridized carbons (Fsp3) is 0.611. The second kappa shape index (κ2) is 10.5. The van der Waals surface area contributed by atoms with E-state index in [-0.39, 0.29) is 11.9 Å². The molecule has 0 unspecified atom stereocenters. The molecule has 8 nitrogen and oxygen atoms in total. The van der Waals surface area contributed by atoms with E-state index >= 15 is 0 Å². The number of carbonyl (C=O) groups excluding carboxylic acids is 2. The lowest BCUT2D eigenvalue weighted by Crippen LogP contribution is -2.53. The third kappa shape index (κ3) is 5.79. The molecule has 0 atom stereocenters. The first kappa shape index (κ1) is 19.8. The maximum absolute atomic E-state index is 12.3. The Morgan fingerprint density at radius 2 is 1.96 bits per heavy atom. The van der Waals surface area contributed by atoms with Crippen molar-refractivity contribution >= 4 is 17.8 Å². The number of ether oxygens (including phenoxy) is 1. The monoisotopic (exact) mass is 364 g/mol. The molecule has 1 aromatic heterocycles. The minimum absolute atomic E-state index is 0.0778. The van der Waals surface area contributed by atoms with Gasteiger partial charge in [-0.15, -0.1) is 0 Å². The number of amides is 1. The zero-order chi connectivity index (χ0) is 18.8. The molecular formula is C18H28N4O4. The van der Waals surface area contributed by atoms with Gasteiger partial charge in [0.15, 0.2) is 11.7 Å². The largest absolute Gasteiger partial charge is 0.466 e. The molecule has 0 radical (unpaired) electrons. The van der Waals surface area contributed by atoms with Gasteiger partial charge in [0, 0.05) is 45.7 Å². The summed E-state index contributed by atoms with van der Waals surface area (Å²) in [6.07, 6.45) is 2.54. The predicted molar refractivity (Wildman–Crippen MR) is 98.0 cm³/mol. The van der Waals surface area contributed by atoms with E-state index in [1.54, 1.807) is 24.0 Å². The lowest BCUT2D eigenvalue weighted by atomic mass is 10.3. The first-order valence-electron chi connectivity index (χ1n) is 9.17. The Kier molecular flexibility index (Phi) is 7.98. The molecule has 1 aliphatic heterocycles. The summed E-state index contributed by atoms with van der Waals surface area (Å²) < 4.78 is 10.1. The van der Waals surface area contributed by atoms with Crippen molar-refractivity contribution in [3.63, 3.8) is 0 Å². The molecule has 144 valence electrons. The molecule has 0 spiro atoms. The highest BCUT2D eigenvalue weighted by molar-refractivity contribution is 5.91. The van der Waals surface area contributed by atoms with Crippen LogP contribution in [0.25, 0.3) is 0 Å². The molecule has 1 aliphatic rings. The molecule has 2 rings (SSSR count). The SMILES string of the molecule is CCNC(=NCCCC(=O)OCC)N1CCN(C(=O)c2ccco2)CC1. The van der Waals surface area contributed by atoms with E-state index in [4.69, 9.17) is 9.15 Å². The lowest BCUT2D eigenvalue weighted by molar-refractivity contribution is -0.143. The number of aliphatic imine (C=N–C) groups is 1. The van der Waals surface area contributed by atoms with Crippen molar-refractivity contribution in [2.45, 2.75) is 26.7 Å². The number of hydrogen-bond donors (Lipinski definition) is 1. The van der Waals surface area contributed by atoms with Crippen LogP contribution in [0.15, 0.2) is 27.8 Å². The number of nitrogens with zero attached hydrogens (tertiary/aromatic N) is 3. The summed E-state index contributed by atoms with van der Waals surface area (Å²) in [5.41, 5.74) is 0. The summed E-state index contributed by atoms with van der Waals surface area (Å²) in [4.78, 5) is 32.2. The van der Waals surface area contributed by atoms with Gasteiger partial charge in [0.05, 0.1) is 12.9 Å². The predicted octanol–water partition coefficient (Wildman–Crippen LogP) is 1.35. The lowest BCUT2D eigenvalue weighted by Gasteiger charge is -2.36. The summed E-state index contributed by atoms with van der Waals surface area (Å²) >= 11 is 0. The zero-order valence-electron chi connectivity index (χ0n) is 15.6. The van der Waals surface area contributed by atoms with Crippen molar-refractivity contribution < 1.29 is 18.7 Å². The number of rotatable bonds is 7. The van der Waals surface area contributed by atoms with Crippen LogP contribution in [0.1, 0.15) is 37.2 Å². The van der Waals surface area contributed by atoms with Crippen LogP contribution in [0.4, 0.5) is 0 Å². The van der Waals surface area contributed by atoms with Crippen LogP contribution in [0.5, 0.6) is 0 Å². The van der Waals surface area contributed by atoms with Crippen LogP contribution in [-0.2, 0) is 9.53 Å². The molecule has 0 aliphatic carbocycles. The van der Waals surface area contributed by atoms with Gasteiger partial charge in [0.25, 0.3) is 5.91 Å². The fourth-order valence-corrected chi connectivity index (χ4v) is 2.74. The summed E-state index contributed by atoms with van der Waals surface area (Å²) in [5, 5.41) is 3.28. The molecule has 2 heterocycles. The fourth-order valence-electron chi connectivity index (χ4n) is 2.74. The van der Waals surface area contributed by atoms with Crippen LogP contribution < -0.4 is 5.32 Å². The summed E-state index contributed by atoms with van der Waals surface area (Å²) in [5.74, 6) is 0.934. The van der Waals surface area contributed by atoms with E-state index in [2.05, 4.69) is 15.2 Å². The van der Waals surface area contributed by atoms with Gasteiger partial charge in [-0.25, -0.2) is 0 Å². The number of nitrogens with one attached hydrogen (secondary N) is 1. The number of furan rings is 1. The highest BCUT2D eigenvalue weighted by atomic mass is 16.5. The van der Waals surface area contributed by atoms with Crippen molar-refractivity contribution in [2.24, 2.45) is 4.99 Å². The van der Waals surface area contributed by atoms with Crippen molar-refractivity contribution in [1.82, 2.24) is 15.1 Å². The molecule has 1 fully saturated rings. The van der Waals surface area contributed by atoms with Crippen molar-refractivity contribution in [3.05, 3.63) is 24.2 Å². The van der Waals surface area contributed by atoms with Crippen molar-refractivity contribution in [3.8, 4) is 0 Å². The molecule has 0 aromatic carbocycles. The van der Waals surface area contributed by atoms with Crippen molar-refractivity contribution in [1.29, 1.82) is 0 Å². The number of piperazine rings is 1. The molecule has 26 heavy (non-hydrogen) atoms. The Balaban J connectivity index is 1.82. The van der Waals surface area contributed by atoms with E-state index < -0.39 is 0 Å². The van der Waals surface area contributed by atoms with Gasteiger partial charge in [-0.1, -0.05) is 0 Å². The summed E-state index contributed by atoms with van der Waals surface area (Å²) in [6.45, 7) is 8.20. The molecule has 0 saturated carbocycles. The first-order chi connectivity index (χ1) is 12.7. The maximum atomic E-state index is 12.3. The van der Waals surface area contributed by atoms with Crippen molar-refractivity contribution in [2.75, 3.05) is 45.9 Å². The van der Waals surface area contributed by atoms with Gasteiger partial charge >= 0.3 is 5.97 Å². The minimum Gasteiger partial charge on any atom is -0.466 e. The van der Waals surface area contributed by atoms with E-state index in [1.807, 2.05) is 6.92 Å². The van der Waals surface area contributed by atoms with Gasteiger partial charge in [-0.3, -0.25) is 14.6 Å². The molecule has 1 amide bonds. The third-order valence-electron chi connectivity index (χ3n) is 4.04. The third-order valence-corrected chi connectivity index (χ3v) is 4.04. The van der Waals surface area contributed by atoms with Crippen LogP contribution in [0.3, 0.4) is 0 Å². The Morgan fingerprint density at radius 3 is 2.58 bits per heavy atom. The molecule has 1 aromatic rings. The molecular weight excluding hydrogens is 336 g/mol. The zero-order valence-corrected chi connectivity index (χ0v) is 15.6. The van der Waals surface area contributed by atoms with Gasteiger partial charge in [0.1, 0.15) is 0 Å². The van der Waals surface area contributed by atoms with E-state index in [0.29, 0.717) is 57.9 Å². The average Bonchev–Trinajstić information content (AvgIpc) is 3.19. The highest BCUT2D eigenvalue weighted by Gasteiger charge is 2.25. The Hall–Kier alpha value is -2.51. The van der Waals surface area contributed by atoms with E-state index in [1.165, 1.54) is 6.26 Å².